The number of anilines is 1. The van der Waals surface area contributed by atoms with Crippen LogP contribution in [-0.2, 0) is 6.18 Å². The number of aromatic nitrogens is 2. The predicted molar refractivity (Wildman–Crippen MR) is 111 cm³/mol. The van der Waals surface area contributed by atoms with Gasteiger partial charge in [0, 0.05) is 36.0 Å². The molecule has 2 aromatic carbocycles. The van der Waals surface area contributed by atoms with E-state index in [1.54, 1.807) is 0 Å². The number of hydrogen-bond donors (Lipinski definition) is 1. The van der Waals surface area contributed by atoms with Gasteiger partial charge in [0.2, 0.25) is 0 Å². The molecule has 1 N–H and O–H groups in total. The van der Waals surface area contributed by atoms with Gasteiger partial charge < -0.3 is 14.9 Å². The summed E-state index contributed by atoms with van der Waals surface area (Å²) in [5.41, 5.74) is -0.309. The van der Waals surface area contributed by atoms with Gasteiger partial charge in [0.05, 0.1) is 5.56 Å². The predicted octanol–water partition coefficient (Wildman–Crippen LogP) is 4.41. The topological polar surface area (TPSA) is 52.5 Å². The highest BCUT2D eigenvalue weighted by Crippen LogP contribution is 2.39. The summed E-state index contributed by atoms with van der Waals surface area (Å²) < 4.78 is 38.8. The van der Waals surface area contributed by atoms with Crippen LogP contribution in [0.1, 0.15) is 12.0 Å². The van der Waals surface area contributed by atoms with Crippen LogP contribution in [0.4, 0.5) is 19.0 Å². The molecule has 30 heavy (non-hydrogen) atoms. The minimum Gasteiger partial charge on any atom is -0.507 e. The first-order valence-corrected chi connectivity index (χ1v) is 9.79. The van der Waals surface area contributed by atoms with Crippen LogP contribution in [-0.4, -0.2) is 53.9 Å². The van der Waals surface area contributed by atoms with E-state index in [0.717, 1.165) is 54.8 Å². The van der Waals surface area contributed by atoms with Crippen LogP contribution in [0.3, 0.4) is 0 Å². The second kappa shape index (κ2) is 7.75. The molecule has 2 heterocycles. The molecule has 0 amide bonds. The minimum absolute atomic E-state index is 0.227. The van der Waals surface area contributed by atoms with Crippen LogP contribution in [0, 0.1) is 5.92 Å². The summed E-state index contributed by atoms with van der Waals surface area (Å²) in [7, 11) is 4.12. The monoisotopic (exact) mass is 416 g/mol. The number of nitrogens with zero attached hydrogens (tertiary/aromatic N) is 4. The van der Waals surface area contributed by atoms with Crippen molar-refractivity contribution in [1.29, 1.82) is 0 Å². The average Bonchev–Trinajstić information content (AvgIpc) is 3.14. The SMILES string of the molecule is CN(C)CC1CCN(c2nnc(-c3ccc(C(F)(F)F)cc3O)c3ccccc23)C1. The van der Waals surface area contributed by atoms with Crippen LogP contribution < -0.4 is 4.90 Å². The maximum Gasteiger partial charge on any atom is 0.416 e. The Morgan fingerprint density at radius 1 is 1.10 bits per heavy atom. The fourth-order valence-electron chi connectivity index (χ4n) is 4.12. The first kappa shape index (κ1) is 20.4. The van der Waals surface area contributed by atoms with Crippen molar-refractivity contribution in [2.45, 2.75) is 12.6 Å². The normalized spacial score (nSPS) is 17.3. The smallest absolute Gasteiger partial charge is 0.416 e. The van der Waals surface area contributed by atoms with Crippen molar-refractivity contribution in [3.05, 3.63) is 48.0 Å². The molecule has 5 nitrogen and oxygen atoms in total. The van der Waals surface area contributed by atoms with Gasteiger partial charge >= 0.3 is 6.18 Å². The molecule has 8 heteroatoms. The molecule has 3 aromatic rings. The second-order valence-corrected chi connectivity index (χ2v) is 8.01. The van der Waals surface area contributed by atoms with E-state index in [2.05, 4.69) is 34.1 Å². The van der Waals surface area contributed by atoms with Crippen molar-refractivity contribution in [2.24, 2.45) is 5.92 Å². The fraction of sp³-hybridized carbons (Fsp3) is 0.364. The molecule has 0 saturated carbocycles. The molecule has 1 unspecified atom stereocenters. The molecule has 1 aromatic heterocycles. The number of halogens is 3. The molecular formula is C22H23F3N4O. The van der Waals surface area contributed by atoms with Crippen LogP contribution in [0.25, 0.3) is 22.0 Å². The zero-order valence-electron chi connectivity index (χ0n) is 16.8. The number of phenolic OH excluding ortho intramolecular Hbond substituents is 1. The summed E-state index contributed by atoms with van der Waals surface area (Å²) >= 11 is 0. The summed E-state index contributed by atoms with van der Waals surface area (Å²) in [4.78, 5) is 4.38. The third kappa shape index (κ3) is 3.92. The van der Waals surface area contributed by atoms with Gasteiger partial charge in [0.15, 0.2) is 5.82 Å². The second-order valence-electron chi connectivity index (χ2n) is 8.01. The highest BCUT2D eigenvalue weighted by atomic mass is 19.4. The number of alkyl halides is 3. The summed E-state index contributed by atoms with van der Waals surface area (Å²) in [5.74, 6) is 0.838. The lowest BCUT2D eigenvalue weighted by atomic mass is 10.0. The maximum absolute atomic E-state index is 12.9. The fourth-order valence-corrected chi connectivity index (χ4v) is 4.12. The zero-order valence-corrected chi connectivity index (χ0v) is 16.8. The molecular weight excluding hydrogens is 393 g/mol. The van der Waals surface area contributed by atoms with Crippen molar-refractivity contribution in [3.8, 4) is 17.0 Å². The van der Waals surface area contributed by atoms with Crippen molar-refractivity contribution in [1.82, 2.24) is 15.1 Å². The van der Waals surface area contributed by atoms with Crippen molar-refractivity contribution >= 4 is 16.6 Å². The summed E-state index contributed by atoms with van der Waals surface area (Å²) in [6.07, 6.45) is -3.46. The molecule has 4 rings (SSSR count). The van der Waals surface area contributed by atoms with Crippen LogP contribution >= 0.6 is 0 Å². The van der Waals surface area contributed by atoms with E-state index in [-0.39, 0.29) is 5.56 Å². The van der Waals surface area contributed by atoms with Gasteiger partial charge in [-0.05, 0) is 44.6 Å². The van der Waals surface area contributed by atoms with Gasteiger partial charge in [0.25, 0.3) is 0 Å². The van der Waals surface area contributed by atoms with Gasteiger partial charge in [0.1, 0.15) is 11.4 Å². The number of fused-ring (bicyclic) bond motifs is 1. The van der Waals surface area contributed by atoms with Gasteiger partial charge in [-0.3, -0.25) is 0 Å². The Hall–Kier alpha value is -2.87. The van der Waals surface area contributed by atoms with E-state index >= 15 is 0 Å². The number of aromatic hydroxyl groups is 1. The Bertz CT molecular complexity index is 1070. The van der Waals surface area contributed by atoms with Crippen molar-refractivity contribution in [3.63, 3.8) is 0 Å². The van der Waals surface area contributed by atoms with Crippen LogP contribution in [0.2, 0.25) is 0 Å². The lowest BCUT2D eigenvalue weighted by Crippen LogP contribution is -2.26. The zero-order chi connectivity index (χ0) is 21.5. The quantitative estimate of drug-likeness (QED) is 0.683. The van der Waals surface area contributed by atoms with Gasteiger partial charge in [-0.2, -0.15) is 13.2 Å². The Kier molecular flexibility index (Phi) is 5.27. The highest BCUT2D eigenvalue weighted by molar-refractivity contribution is 6.01. The van der Waals surface area contributed by atoms with Crippen LogP contribution in [0.5, 0.6) is 5.75 Å². The summed E-state index contributed by atoms with van der Waals surface area (Å²) in [6.45, 7) is 2.75. The first-order valence-electron chi connectivity index (χ1n) is 9.79. The largest absolute Gasteiger partial charge is 0.507 e. The van der Waals surface area contributed by atoms with E-state index in [1.807, 2.05) is 24.3 Å². The van der Waals surface area contributed by atoms with E-state index in [9.17, 15) is 18.3 Å². The molecule has 1 saturated heterocycles. The van der Waals surface area contributed by atoms with Gasteiger partial charge in [-0.25, -0.2) is 0 Å². The van der Waals surface area contributed by atoms with Gasteiger partial charge in [-0.1, -0.05) is 24.3 Å². The van der Waals surface area contributed by atoms with E-state index < -0.39 is 17.5 Å². The summed E-state index contributed by atoms with van der Waals surface area (Å²) in [5, 5.41) is 20.6. The molecule has 0 radical (unpaired) electrons. The van der Waals surface area contributed by atoms with Gasteiger partial charge in [-0.15, -0.1) is 10.2 Å². The first-order chi connectivity index (χ1) is 14.2. The van der Waals surface area contributed by atoms with Crippen molar-refractivity contribution < 1.29 is 18.3 Å². The molecule has 1 aliphatic heterocycles. The van der Waals surface area contributed by atoms with E-state index in [1.165, 1.54) is 6.07 Å². The van der Waals surface area contributed by atoms with Crippen molar-refractivity contribution in [2.75, 3.05) is 38.6 Å². The molecule has 0 bridgehead atoms. The molecule has 1 atom stereocenters. The Morgan fingerprint density at radius 3 is 2.50 bits per heavy atom. The lowest BCUT2D eigenvalue weighted by molar-refractivity contribution is -0.137. The minimum atomic E-state index is -4.52. The molecule has 1 aliphatic rings. The molecule has 158 valence electrons. The molecule has 0 spiro atoms. The lowest BCUT2D eigenvalue weighted by Gasteiger charge is -2.21. The Morgan fingerprint density at radius 2 is 1.83 bits per heavy atom. The Balaban J connectivity index is 1.74. The van der Waals surface area contributed by atoms with Crippen LogP contribution in [0.15, 0.2) is 42.5 Å². The third-order valence-corrected chi connectivity index (χ3v) is 5.46. The highest BCUT2D eigenvalue weighted by Gasteiger charge is 2.32. The average molecular weight is 416 g/mol. The molecule has 0 aliphatic carbocycles. The Labute approximate surface area is 172 Å². The van der Waals surface area contributed by atoms with E-state index in [4.69, 9.17) is 0 Å². The third-order valence-electron chi connectivity index (χ3n) is 5.46. The molecule has 1 fully saturated rings. The number of rotatable bonds is 4. The van der Waals surface area contributed by atoms with E-state index in [0.29, 0.717) is 11.6 Å². The summed E-state index contributed by atoms with van der Waals surface area (Å²) in [6, 6.07) is 10.5. The number of hydrogen-bond acceptors (Lipinski definition) is 5. The number of benzene rings is 2. The maximum atomic E-state index is 12.9. The standard InChI is InChI=1S/C22H23F3N4O/c1-28(2)12-14-9-10-29(13-14)21-17-6-4-3-5-16(17)20(26-27-21)18-8-7-15(11-19(18)30)22(23,24)25/h3-8,11,14,30H,9-10,12-13H2,1-2H3. The number of phenols is 1.